The molecular weight excluding hydrogens is 376 g/mol. The Labute approximate surface area is 162 Å². The van der Waals surface area contributed by atoms with Gasteiger partial charge in [-0.2, -0.15) is 5.10 Å². The number of hydrogen-bond donors (Lipinski definition) is 1. The number of aromatic nitrogens is 3. The van der Waals surface area contributed by atoms with Crippen LogP contribution in [0.4, 0.5) is 5.69 Å². The quantitative estimate of drug-likeness (QED) is 0.555. The molecule has 2 aromatic heterocycles. The van der Waals surface area contributed by atoms with E-state index >= 15 is 0 Å². The third kappa shape index (κ3) is 3.54. The molecule has 0 bridgehead atoms. The number of ether oxygens (including phenoxy) is 1. The van der Waals surface area contributed by atoms with Gasteiger partial charge >= 0.3 is 0 Å². The van der Waals surface area contributed by atoms with E-state index in [2.05, 4.69) is 14.8 Å². The minimum atomic E-state index is -3.81. The predicted octanol–water partition coefficient (Wildman–Crippen LogP) is 3.87. The average Bonchev–Trinajstić information content (AvgIpc) is 2.96. The average molecular weight is 394 g/mol. The maximum Gasteiger partial charge on any atom is 0.263 e. The zero-order valence-electron chi connectivity index (χ0n) is 15.3. The molecule has 4 aromatic rings. The van der Waals surface area contributed by atoms with E-state index in [1.165, 1.54) is 6.20 Å². The van der Waals surface area contributed by atoms with Crippen LogP contribution in [0.2, 0.25) is 0 Å². The molecule has 4 rings (SSSR count). The lowest BCUT2D eigenvalue weighted by atomic mass is 10.3. The van der Waals surface area contributed by atoms with Gasteiger partial charge < -0.3 is 4.74 Å². The van der Waals surface area contributed by atoms with Crippen LogP contribution in [0.15, 0.2) is 71.8 Å². The minimum absolute atomic E-state index is 0.0745. The molecule has 0 radical (unpaired) electrons. The van der Waals surface area contributed by atoms with Crippen molar-refractivity contribution in [1.29, 1.82) is 0 Å². The van der Waals surface area contributed by atoms with Crippen LogP contribution in [-0.2, 0) is 17.1 Å². The number of pyridine rings is 1. The van der Waals surface area contributed by atoms with Gasteiger partial charge in [-0.1, -0.05) is 24.3 Å². The maximum atomic E-state index is 12.8. The zero-order chi connectivity index (χ0) is 19.7. The number of para-hydroxylation sites is 1. The number of aryl methyl sites for hydroxylation is 2. The summed E-state index contributed by atoms with van der Waals surface area (Å²) in [6.07, 6.45) is 1.33. The summed E-state index contributed by atoms with van der Waals surface area (Å²) in [5.41, 5.74) is 1.76. The van der Waals surface area contributed by atoms with Gasteiger partial charge in [-0.05, 0) is 37.3 Å². The zero-order valence-corrected chi connectivity index (χ0v) is 16.1. The number of nitrogens with one attached hydrogen (secondary N) is 1. The lowest BCUT2D eigenvalue weighted by Gasteiger charge is -2.10. The first-order valence-electron chi connectivity index (χ1n) is 8.57. The molecule has 0 saturated heterocycles. The van der Waals surface area contributed by atoms with E-state index < -0.39 is 10.0 Å². The first-order valence-corrected chi connectivity index (χ1v) is 10.1. The van der Waals surface area contributed by atoms with Gasteiger partial charge in [0, 0.05) is 24.7 Å². The second-order valence-corrected chi connectivity index (χ2v) is 7.98. The third-order valence-corrected chi connectivity index (χ3v) is 5.56. The molecule has 0 aliphatic carbocycles. The van der Waals surface area contributed by atoms with Crippen molar-refractivity contribution in [3.05, 3.63) is 72.6 Å². The Kier molecular flexibility index (Phi) is 4.48. The molecule has 0 aliphatic rings. The highest BCUT2D eigenvalue weighted by Crippen LogP contribution is 2.26. The molecule has 8 heteroatoms. The summed E-state index contributed by atoms with van der Waals surface area (Å²) in [5, 5.41) is 4.97. The molecule has 0 amide bonds. The Morgan fingerprint density at radius 1 is 1.00 bits per heavy atom. The molecule has 2 heterocycles. The number of benzene rings is 2. The van der Waals surface area contributed by atoms with Crippen LogP contribution < -0.4 is 9.46 Å². The molecule has 28 heavy (non-hydrogen) atoms. The molecule has 0 unspecified atom stereocenters. The van der Waals surface area contributed by atoms with E-state index in [-0.39, 0.29) is 4.90 Å². The molecule has 0 fully saturated rings. The normalized spacial score (nSPS) is 11.5. The number of rotatable bonds is 5. The first kappa shape index (κ1) is 18.0. The number of nitrogens with zero attached hydrogens (tertiary/aromatic N) is 3. The van der Waals surface area contributed by atoms with Crippen molar-refractivity contribution in [3.63, 3.8) is 0 Å². The van der Waals surface area contributed by atoms with E-state index in [1.807, 2.05) is 37.3 Å². The predicted molar refractivity (Wildman–Crippen MR) is 107 cm³/mol. The van der Waals surface area contributed by atoms with Crippen LogP contribution in [0.1, 0.15) is 5.69 Å². The Morgan fingerprint density at radius 3 is 2.54 bits per heavy atom. The monoisotopic (exact) mass is 394 g/mol. The van der Waals surface area contributed by atoms with Crippen molar-refractivity contribution in [2.24, 2.45) is 7.05 Å². The Morgan fingerprint density at radius 2 is 1.75 bits per heavy atom. The van der Waals surface area contributed by atoms with E-state index in [4.69, 9.17) is 4.74 Å². The standard InChI is InChI=1S/C20H18N4O3S/c1-14-19-12-18(13-21-20(19)24(2)22-14)28(25,26)23-15-7-6-10-17(11-15)27-16-8-4-3-5-9-16/h3-13,23H,1-2H3. The van der Waals surface area contributed by atoms with Gasteiger partial charge in [-0.3, -0.25) is 9.40 Å². The maximum absolute atomic E-state index is 12.8. The molecule has 0 saturated carbocycles. The molecule has 142 valence electrons. The summed E-state index contributed by atoms with van der Waals surface area (Å²) in [6.45, 7) is 1.82. The summed E-state index contributed by atoms with van der Waals surface area (Å²) in [4.78, 5) is 4.31. The molecule has 0 aliphatic heterocycles. The van der Waals surface area contributed by atoms with Gasteiger partial charge in [0.2, 0.25) is 0 Å². The highest BCUT2D eigenvalue weighted by Gasteiger charge is 2.18. The minimum Gasteiger partial charge on any atom is -0.457 e. The Bertz CT molecular complexity index is 1250. The van der Waals surface area contributed by atoms with Gasteiger partial charge in [-0.15, -0.1) is 0 Å². The van der Waals surface area contributed by atoms with Crippen LogP contribution >= 0.6 is 0 Å². The van der Waals surface area contributed by atoms with Crippen LogP contribution in [0.5, 0.6) is 11.5 Å². The van der Waals surface area contributed by atoms with Crippen molar-refractivity contribution in [3.8, 4) is 11.5 Å². The Balaban J connectivity index is 1.61. The summed E-state index contributed by atoms with van der Waals surface area (Å²) >= 11 is 0. The first-order chi connectivity index (χ1) is 13.4. The molecular formula is C20H18N4O3S. The van der Waals surface area contributed by atoms with E-state index in [1.54, 1.807) is 42.1 Å². The fraction of sp³-hybridized carbons (Fsp3) is 0.100. The van der Waals surface area contributed by atoms with Crippen molar-refractivity contribution >= 4 is 26.7 Å². The van der Waals surface area contributed by atoms with Crippen molar-refractivity contribution < 1.29 is 13.2 Å². The lowest BCUT2D eigenvalue weighted by molar-refractivity contribution is 0.483. The van der Waals surface area contributed by atoms with E-state index in [0.717, 1.165) is 5.69 Å². The SMILES string of the molecule is Cc1nn(C)c2ncc(S(=O)(=O)Nc3cccc(Oc4ccccc4)c3)cc12. The summed E-state index contributed by atoms with van der Waals surface area (Å²) in [7, 11) is -2.04. The molecule has 7 nitrogen and oxygen atoms in total. The third-order valence-electron chi connectivity index (χ3n) is 4.21. The van der Waals surface area contributed by atoms with Crippen molar-refractivity contribution in [1.82, 2.24) is 14.8 Å². The summed E-state index contributed by atoms with van der Waals surface area (Å²) < 4.78 is 35.6. The number of sulfonamides is 1. The van der Waals surface area contributed by atoms with Gasteiger partial charge in [0.15, 0.2) is 5.65 Å². The number of hydrogen-bond acceptors (Lipinski definition) is 5. The van der Waals surface area contributed by atoms with E-state index in [9.17, 15) is 8.42 Å². The van der Waals surface area contributed by atoms with Crippen LogP contribution in [0.25, 0.3) is 11.0 Å². The lowest BCUT2D eigenvalue weighted by Crippen LogP contribution is -2.13. The van der Waals surface area contributed by atoms with Crippen LogP contribution in [0.3, 0.4) is 0 Å². The van der Waals surface area contributed by atoms with E-state index in [0.29, 0.717) is 28.2 Å². The molecule has 2 aromatic carbocycles. The molecule has 0 spiro atoms. The largest absolute Gasteiger partial charge is 0.457 e. The molecule has 0 atom stereocenters. The van der Waals surface area contributed by atoms with Gasteiger partial charge in [0.1, 0.15) is 16.4 Å². The Hall–Kier alpha value is -3.39. The van der Waals surface area contributed by atoms with Crippen molar-refractivity contribution in [2.75, 3.05) is 4.72 Å². The fourth-order valence-electron chi connectivity index (χ4n) is 2.90. The van der Waals surface area contributed by atoms with Gasteiger partial charge in [0.25, 0.3) is 10.0 Å². The van der Waals surface area contributed by atoms with Gasteiger partial charge in [-0.25, -0.2) is 13.4 Å². The summed E-state index contributed by atoms with van der Waals surface area (Å²) in [5.74, 6) is 1.20. The fourth-order valence-corrected chi connectivity index (χ4v) is 3.92. The smallest absolute Gasteiger partial charge is 0.263 e. The van der Waals surface area contributed by atoms with Crippen LogP contribution in [-0.4, -0.2) is 23.2 Å². The van der Waals surface area contributed by atoms with Gasteiger partial charge in [0.05, 0.1) is 11.4 Å². The summed E-state index contributed by atoms with van der Waals surface area (Å²) in [6, 6.07) is 17.6. The molecule has 1 N–H and O–H groups in total. The topological polar surface area (TPSA) is 86.1 Å². The highest BCUT2D eigenvalue weighted by molar-refractivity contribution is 7.92. The number of anilines is 1. The second kappa shape index (κ2) is 6.97. The number of fused-ring (bicyclic) bond motifs is 1. The highest BCUT2D eigenvalue weighted by atomic mass is 32.2. The van der Waals surface area contributed by atoms with Crippen LogP contribution in [0, 0.1) is 6.92 Å². The van der Waals surface area contributed by atoms with Crippen molar-refractivity contribution in [2.45, 2.75) is 11.8 Å². The second-order valence-electron chi connectivity index (χ2n) is 6.30.